The minimum absolute atomic E-state index is 0.0116. The Morgan fingerprint density at radius 1 is 1.32 bits per heavy atom. The van der Waals surface area contributed by atoms with Crippen molar-refractivity contribution in [1.82, 2.24) is 9.55 Å². The van der Waals surface area contributed by atoms with Crippen LogP contribution < -0.4 is 16.6 Å². The number of thioether (sulfide) groups is 1. The summed E-state index contributed by atoms with van der Waals surface area (Å²) in [4.78, 5) is 44.6. The van der Waals surface area contributed by atoms with Crippen LogP contribution in [0.4, 0.5) is 5.00 Å². The third kappa shape index (κ3) is 4.28. The second kappa shape index (κ2) is 8.76. The van der Waals surface area contributed by atoms with Gasteiger partial charge in [-0.1, -0.05) is 25.6 Å². The third-order valence-electron chi connectivity index (χ3n) is 5.16. The fourth-order valence-corrected chi connectivity index (χ4v) is 6.72. The van der Waals surface area contributed by atoms with E-state index in [1.54, 1.807) is 34.3 Å². The molecule has 0 fully saturated rings. The van der Waals surface area contributed by atoms with Gasteiger partial charge in [-0.15, -0.1) is 22.7 Å². The normalized spacial score (nSPS) is 14.2. The highest BCUT2D eigenvalue weighted by Gasteiger charge is 2.26. The first kappa shape index (κ1) is 22.0. The van der Waals surface area contributed by atoms with Gasteiger partial charge in [0.1, 0.15) is 9.83 Å². The fourth-order valence-electron chi connectivity index (χ4n) is 3.70. The van der Waals surface area contributed by atoms with E-state index in [1.807, 2.05) is 0 Å². The maximum absolute atomic E-state index is 13.4. The summed E-state index contributed by atoms with van der Waals surface area (Å²) in [5.74, 6) is -0.592. The molecule has 1 aliphatic carbocycles. The lowest BCUT2D eigenvalue weighted by molar-refractivity contribution is -0.115. The van der Waals surface area contributed by atoms with E-state index in [0.717, 1.165) is 35.0 Å². The number of aryl methyl sites for hydroxylation is 2. The van der Waals surface area contributed by atoms with Crippen LogP contribution in [0.3, 0.4) is 0 Å². The first-order valence-corrected chi connectivity index (χ1v) is 12.7. The molecule has 1 aliphatic rings. The number of anilines is 1. The van der Waals surface area contributed by atoms with E-state index >= 15 is 0 Å². The molecule has 3 aromatic rings. The van der Waals surface area contributed by atoms with E-state index in [9.17, 15) is 14.4 Å². The van der Waals surface area contributed by atoms with Crippen molar-refractivity contribution in [3.63, 3.8) is 0 Å². The van der Waals surface area contributed by atoms with Crippen molar-refractivity contribution in [2.24, 2.45) is 11.7 Å². The lowest BCUT2D eigenvalue weighted by atomic mass is 10.2. The molecule has 7 nitrogen and oxygen atoms in total. The Labute approximate surface area is 192 Å². The molecular formula is C21H24N4O3S3. The molecule has 0 saturated carbocycles. The second-order valence-electron chi connectivity index (χ2n) is 8.02. The smallest absolute Gasteiger partial charge is 0.263 e. The Morgan fingerprint density at radius 2 is 2.10 bits per heavy atom. The van der Waals surface area contributed by atoms with Gasteiger partial charge in [-0.2, -0.15) is 0 Å². The molecule has 0 bridgehead atoms. The summed E-state index contributed by atoms with van der Waals surface area (Å²) < 4.78 is 1.72. The average Bonchev–Trinajstić information content (AvgIpc) is 3.40. The molecule has 4 rings (SSSR count). The van der Waals surface area contributed by atoms with E-state index < -0.39 is 11.2 Å². The summed E-state index contributed by atoms with van der Waals surface area (Å²) in [7, 11) is 0. The topological polar surface area (TPSA) is 107 Å². The van der Waals surface area contributed by atoms with E-state index in [2.05, 4.69) is 19.2 Å². The lowest BCUT2D eigenvalue weighted by Gasteiger charge is -2.17. The fraction of sp³-hybridized carbons (Fsp3) is 0.429. The molecule has 164 valence electrons. The van der Waals surface area contributed by atoms with Gasteiger partial charge in [-0.25, -0.2) is 4.98 Å². The van der Waals surface area contributed by atoms with E-state index in [1.165, 1.54) is 28.0 Å². The number of nitrogens with zero attached hydrogens (tertiary/aromatic N) is 2. The summed E-state index contributed by atoms with van der Waals surface area (Å²) in [5, 5.41) is 5.71. The van der Waals surface area contributed by atoms with Gasteiger partial charge < -0.3 is 11.1 Å². The Morgan fingerprint density at radius 3 is 2.81 bits per heavy atom. The number of rotatable bonds is 7. The maximum Gasteiger partial charge on any atom is 0.263 e. The average molecular weight is 477 g/mol. The Balaban J connectivity index is 1.65. The van der Waals surface area contributed by atoms with Crippen molar-refractivity contribution < 1.29 is 9.59 Å². The zero-order chi connectivity index (χ0) is 22.3. The summed E-state index contributed by atoms with van der Waals surface area (Å²) >= 11 is 4.11. The van der Waals surface area contributed by atoms with Gasteiger partial charge in [-0.3, -0.25) is 19.0 Å². The predicted molar refractivity (Wildman–Crippen MR) is 128 cm³/mol. The van der Waals surface area contributed by atoms with Crippen LogP contribution in [0.5, 0.6) is 0 Å². The minimum atomic E-state index is -0.583. The van der Waals surface area contributed by atoms with Crippen LogP contribution in [-0.2, 0) is 24.2 Å². The molecule has 3 N–H and O–H groups in total. The molecule has 0 radical (unpaired) electrons. The highest BCUT2D eigenvalue weighted by Crippen LogP contribution is 2.36. The quantitative estimate of drug-likeness (QED) is 0.397. The van der Waals surface area contributed by atoms with Gasteiger partial charge in [0.05, 0.1) is 16.2 Å². The van der Waals surface area contributed by atoms with Crippen LogP contribution in [0.2, 0.25) is 0 Å². The van der Waals surface area contributed by atoms with Gasteiger partial charge >= 0.3 is 0 Å². The number of nitrogens with two attached hydrogens (primary N) is 1. The van der Waals surface area contributed by atoms with E-state index in [4.69, 9.17) is 10.7 Å². The number of aromatic nitrogens is 2. The van der Waals surface area contributed by atoms with E-state index in [-0.39, 0.29) is 17.4 Å². The van der Waals surface area contributed by atoms with Gasteiger partial charge in [0, 0.05) is 11.4 Å². The number of thiophene rings is 2. The molecule has 2 amide bonds. The van der Waals surface area contributed by atoms with Crippen molar-refractivity contribution in [2.75, 3.05) is 5.32 Å². The zero-order valence-electron chi connectivity index (χ0n) is 17.6. The number of hydrogen-bond acceptors (Lipinski definition) is 7. The van der Waals surface area contributed by atoms with Crippen molar-refractivity contribution in [3.05, 3.63) is 37.8 Å². The summed E-state index contributed by atoms with van der Waals surface area (Å²) in [6, 6.07) is 1.59. The summed E-state index contributed by atoms with van der Waals surface area (Å²) in [6.45, 7) is 6.42. The lowest BCUT2D eigenvalue weighted by Crippen LogP contribution is -2.28. The monoisotopic (exact) mass is 476 g/mol. The third-order valence-corrected chi connectivity index (χ3v) is 8.26. The number of fused-ring (bicyclic) bond motifs is 3. The highest BCUT2D eigenvalue weighted by atomic mass is 32.2. The Kier molecular flexibility index (Phi) is 6.23. The number of carbonyl (C=O) groups excluding carboxylic acids is 2. The number of hydrogen-bond donors (Lipinski definition) is 2. The van der Waals surface area contributed by atoms with Crippen LogP contribution in [-0.4, -0.2) is 26.6 Å². The van der Waals surface area contributed by atoms with Crippen molar-refractivity contribution >= 4 is 61.5 Å². The van der Waals surface area contributed by atoms with Crippen molar-refractivity contribution in [2.45, 2.75) is 57.0 Å². The standard InChI is InChI=1S/C21H24N4O3S3/c1-10(2)9-25-20(28)15-12-5-4-6-14(12)31-19(15)24-21(25)30-11(3)17(27)23-18-13(16(22)26)7-8-29-18/h7-8,10-11H,4-6,9H2,1-3H3,(H2,22,26)(H,23,27)/t11-/m0/s1. The number of amides is 2. The van der Waals surface area contributed by atoms with Crippen LogP contribution in [0.1, 0.15) is 48.0 Å². The molecule has 3 aromatic heterocycles. The number of primary amides is 1. The summed E-state index contributed by atoms with van der Waals surface area (Å²) in [5.41, 5.74) is 6.81. The minimum Gasteiger partial charge on any atom is -0.366 e. The second-order valence-corrected chi connectivity index (χ2v) is 11.3. The van der Waals surface area contributed by atoms with Crippen LogP contribution in [0.15, 0.2) is 21.4 Å². The van der Waals surface area contributed by atoms with Gasteiger partial charge in [0.15, 0.2) is 5.16 Å². The molecular weight excluding hydrogens is 452 g/mol. The van der Waals surface area contributed by atoms with E-state index in [0.29, 0.717) is 22.3 Å². The largest absolute Gasteiger partial charge is 0.366 e. The van der Waals surface area contributed by atoms with Crippen molar-refractivity contribution in [3.8, 4) is 0 Å². The zero-order valence-corrected chi connectivity index (χ0v) is 20.0. The van der Waals surface area contributed by atoms with Gasteiger partial charge in [0.2, 0.25) is 5.91 Å². The number of nitrogens with one attached hydrogen (secondary N) is 1. The van der Waals surface area contributed by atoms with Crippen LogP contribution >= 0.6 is 34.4 Å². The molecule has 0 aromatic carbocycles. The maximum atomic E-state index is 13.4. The van der Waals surface area contributed by atoms with Crippen LogP contribution in [0, 0.1) is 5.92 Å². The molecule has 0 saturated heterocycles. The molecule has 3 heterocycles. The Hall–Kier alpha value is -2.17. The van der Waals surface area contributed by atoms with Gasteiger partial charge in [0.25, 0.3) is 11.5 Å². The van der Waals surface area contributed by atoms with Gasteiger partial charge in [-0.05, 0) is 49.1 Å². The first-order valence-electron chi connectivity index (χ1n) is 10.2. The van der Waals surface area contributed by atoms with Crippen LogP contribution in [0.25, 0.3) is 10.2 Å². The summed E-state index contributed by atoms with van der Waals surface area (Å²) in [6.07, 6.45) is 3.02. The first-order chi connectivity index (χ1) is 14.8. The molecule has 1 atom stereocenters. The molecule has 0 spiro atoms. The molecule has 0 unspecified atom stereocenters. The number of carbonyl (C=O) groups is 2. The molecule has 10 heteroatoms. The molecule has 0 aliphatic heterocycles. The molecule has 31 heavy (non-hydrogen) atoms. The van der Waals surface area contributed by atoms with Crippen molar-refractivity contribution in [1.29, 1.82) is 0 Å². The predicted octanol–water partition coefficient (Wildman–Crippen LogP) is 3.88. The highest BCUT2D eigenvalue weighted by molar-refractivity contribution is 8.00. The Bertz CT molecular complexity index is 1220. The SMILES string of the molecule is CC(C)Cn1c(S[C@@H](C)C(=O)Nc2sccc2C(N)=O)nc2sc3c(c2c1=O)CCC3.